The Morgan fingerprint density at radius 1 is 0.725 bits per heavy atom. The molecule has 0 fully saturated rings. The van der Waals surface area contributed by atoms with Crippen LogP contribution in [0.25, 0.3) is 0 Å². The topological polar surface area (TPSA) is 135 Å². The molecule has 0 unspecified atom stereocenters. The molecule has 40 heavy (non-hydrogen) atoms. The highest BCUT2D eigenvalue weighted by molar-refractivity contribution is 6.40. The minimum Gasteiger partial charge on any atom is -0.493 e. The number of para-hydroxylation sites is 2. The van der Waals surface area contributed by atoms with Crippen molar-refractivity contribution < 1.29 is 28.7 Å². The van der Waals surface area contributed by atoms with Gasteiger partial charge in [-0.3, -0.25) is 14.4 Å². The summed E-state index contributed by atoms with van der Waals surface area (Å²) in [4.78, 5) is 49.8. The van der Waals surface area contributed by atoms with Gasteiger partial charge in [0.05, 0.1) is 30.1 Å². The second kappa shape index (κ2) is 13.2. The van der Waals surface area contributed by atoms with Gasteiger partial charge in [0.25, 0.3) is 5.91 Å². The molecule has 10 heteroatoms. The summed E-state index contributed by atoms with van der Waals surface area (Å²) < 4.78 is 10.7. The Bertz CT molecular complexity index is 1560. The molecule has 0 aliphatic heterocycles. The van der Waals surface area contributed by atoms with E-state index in [1.165, 1.54) is 31.5 Å². The summed E-state index contributed by atoms with van der Waals surface area (Å²) in [5, 5.41) is 8.97. The van der Waals surface area contributed by atoms with Gasteiger partial charge in [-0.1, -0.05) is 48.5 Å². The molecule has 4 aromatic rings. The maximum Gasteiger partial charge on any atom is 0.343 e. The predicted octanol–water partition coefficient (Wildman–Crippen LogP) is 4.26. The number of carbonyl (C=O) groups excluding carboxylic acids is 4. The molecular formula is C30H24N4O6. The van der Waals surface area contributed by atoms with Gasteiger partial charge in [-0.05, 0) is 60.2 Å². The highest BCUT2D eigenvalue weighted by Crippen LogP contribution is 2.28. The quantitative estimate of drug-likeness (QED) is 0.101. The van der Waals surface area contributed by atoms with Crippen molar-refractivity contribution in [1.82, 2.24) is 5.43 Å². The zero-order valence-corrected chi connectivity index (χ0v) is 21.3. The molecule has 3 amide bonds. The number of hydrazone groups is 1. The predicted molar refractivity (Wildman–Crippen MR) is 150 cm³/mol. The van der Waals surface area contributed by atoms with Gasteiger partial charge in [0.1, 0.15) is 0 Å². The highest BCUT2D eigenvalue weighted by atomic mass is 16.6. The van der Waals surface area contributed by atoms with Crippen LogP contribution >= 0.6 is 0 Å². The van der Waals surface area contributed by atoms with Crippen LogP contribution in [-0.2, 0) is 9.59 Å². The maximum absolute atomic E-state index is 12.7. The van der Waals surface area contributed by atoms with Crippen molar-refractivity contribution in [1.29, 1.82) is 0 Å². The molecule has 10 nitrogen and oxygen atoms in total. The molecule has 0 atom stereocenters. The summed E-state index contributed by atoms with van der Waals surface area (Å²) in [5.41, 5.74) is 3.94. The Labute approximate surface area is 229 Å². The van der Waals surface area contributed by atoms with Gasteiger partial charge in [0, 0.05) is 5.69 Å². The van der Waals surface area contributed by atoms with Crippen LogP contribution in [0.5, 0.6) is 11.5 Å². The van der Waals surface area contributed by atoms with Crippen molar-refractivity contribution in [3.05, 3.63) is 120 Å². The van der Waals surface area contributed by atoms with Crippen LogP contribution in [-0.4, -0.2) is 37.0 Å². The normalized spacial score (nSPS) is 10.4. The largest absolute Gasteiger partial charge is 0.493 e. The van der Waals surface area contributed by atoms with Crippen LogP contribution in [0, 0.1) is 0 Å². The molecule has 4 aromatic carbocycles. The minimum absolute atomic E-state index is 0.158. The Balaban J connectivity index is 1.36. The molecule has 0 bridgehead atoms. The number of nitrogens with zero attached hydrogens (tertiary/aromatic N) is 1. The first-order valence-electron chi connectivity index (χ1n) is 12.0. The van der Waals surface area contributed by atoms with Crippen molar-refractivity contribution >= 4 is 41.3 Å². The first kappa shape index (κ1) is 27.3. The molecule has 0 spiro atoms. The van der Waals surface area contributed by atoms with E-state index >= 15 is 0 Å². The lowest BCUT2D eigenvalue weighted by Gasteiger charge is -2.11. The SMILES string of the molecule is COc1cc(/C=N\NC(=O)C(=O)Nc2ccccc2C(=O)Nc2ccccc2)ccc1OC(=O)c1ccccc1. The molecule has 0 radical (unpaired) electrons. The second-order valence-corrected chi connectivity index (χ2v) is 8.18. The molecule has 0 heterocycles. The Morgan fingerprint density at radius 2 is 1.40 bits per heavy atom. The molecule has 0 saturated carbocycles. The number of amides is 3. The standard InChI is InChI=1S/C30H24N4O6/c1-39-26-18-20(16-17-25(26)40-30(38)21-10-4-2-5-11-21)19-31-34-29(37)28(36)33-24-15-9-8-14-23(24)27(35)32-22-12-6-3-7-13-22/h2-19H,1H3,(H,32,35)(H,33,36)(H,34,37)/b31-19-. The molecular weight excluding hydrogens is 512 g/mol. The molecule has 0 aliphatic carbocycles. The molecule has 200 valence electrons. The van der Waals surface area contributed by atoms with Gasteiger partial charge < -0.3 is 20.1 Å². The van der Waals surface area contributed by atoms with Crippen LogP contribution < -0.4 is 25.5 Å². The van der Waals surface area contributed by atoms with E-state index in [1.54, 1.807) is 78.9 Å². The van der Waals surface area contributed by atoms with E-state index in [2.05, 4.69) is 21.2 Å². The molecule has 0 saturated heterocycles. The minimum atomic E-state index is -1.05. The average molecular weight is 537 g/mol. The fourth-order valence-electron chi connectivity index (χ4n) is 3.49. The summed E-state index contributed by atoms with van der Waals surface area (Å²) in [6.45, 7) is 0. The molecule has 3 N–H and O–H groups in total. The van der Waals surface area contributed by atoms with Crippen LogP contribution in [0.3, 0.4) is 0 Å². The fraction of sp³-hybridized carbons (Fsp3) is 0.0333. The summed E-state index contributed by atoms with van der Waals surface area (Å²) in [5.74, 6) is -2.59. The number of rotatable bonds is 8. The van der Waals surface area contributed by atoms with Crippen molar-refractivity contribution in [2.75, 3.05) is 17.7 Å². The number of benzene rings is 4. The third kappa shape index (κ3) is 7.17. The number of carbonyl (C=O) groups is 4. The van der Waals surface area contributed by atoms with Gasteiger partial charge in [-0.25, -0.2) is 10.2 Å². The lowest BCUT2D eigenvalue weighted by Crippen LogP contribution is -2.33. The molecule has 4 rings (SSSR count). The van der Waals surface area contributed by atoms with Gasteiger partial charge in [0.15, 0.2) is 11.5 Å². The Hall–Kier alpha value is -5.77. The van der Waals surface area contributed by atoms with Gasteiger partial charge in [-0.15, -0.1) is 0 Å². The van der Waals surface area contributed by atoms with E-state index in [9.17, 15) is 19.2 Å². The van der Waals surface area contributed by atoms with Crippen molar-refractivity contribution in [3.63, 3.8) is 0 Å². The first-order chi connectivity index (χ1) is 19.4. The van der Waals surface area contributed by atoms with Crippen LogP contribution in [0.4, 0.5) is 11.4 Å². The van der Waals surface area contributed by atoms with Crippen molar-refractivity contribution in [3.8, 4) is 11.5 Å². The second-order valence-electron chi connectivity index (χ2n) is 8.18. The number of anilines is 2. The van der Waals surface area contributed by atoms with Crippen LogP contribution in [0.2, 0.25) is 0 Å². The number of methoxy groups -OCH3 is 1. The van der Waals surface area contributed by atoms with Crippen molar-refractivity contribution in [2.24, 2.45) is 5.10 Å². The summed E-state index contributed by atoms with van der Waals surface area (Å²) >= 11 is 0. The van der Waals surface area contributed by atoms with Crippen LogP contribution in [0.1, 0.15) is 26.3 Å². The number of hydrogen-bond acceptors (Lipinski definition) is 7. The van der Waals surface area contributed by atoms with E-state index < -0.39 is 23.7 Å². The fourth-order valence-corrected chi connectivity index (χ4v) is 3.49. The first-order valence-corrected chi connectivity index (χ1v) is 12.0. The van der Waals surface area contributed by atoms with E-state index in [-0.39, 0.29) is 22.7 Å². The van der Waals surface area contributed by atoms with E-state index in [4.69, 9.17) is 9.47 Å². The monoisotopic (exact) mass is 536 g/mol. The number of esters is 1. The molecule has 0 aromatic heterocycles. The summed E-state index contributed by atoms with van der Waals surface area (Å²) in [7, 11) is 1.42. The Morgan fingerprint density at radius 3 is 2.12 bits per heavy atom. The van der Waals surface area contributed by atoms with E-state index in [1.807, 2.05) is 6.07 Å². The summed E-state index contributed by atoms with van der Waals surface area (Å²) in [6, 6.07) is 28.3. The smallest absolute Gasteiger partial charge is 0.343 e. The van der Waals surface area contributed by atoms with E-state index in [0.29, 0.717) is 16.8 Å². The van der Waals surface area contributed by atoms with Gasteiger partial charge in [0.2, 0.25) is 0 Å². The van der Waals surface area contributed by atoms with Gasteiger partial charge >= 0.3 is 17.8 Å². The Kier molecular flexibility index (Phi) is 8.97. The van der Waals surface area contributed by atoms with Gasteiger partial charge in [-0.2, -0.15) is 5.10 Å². The van der Waals surface area contributed by atoms with E-state index in [0.717, 1.165) is 0 Å². The summed E-state index contributed by atoms with van der Waals surface area (Å²) in [6.07, 6.45) is 1.29. The molecule has 0 aliphatic rings. The zero-order chi connectivity index (χ0) is 28.3. The highest BCUT2D eigenvalue weighted by Gasteiger charge is 2.18. The lowest BCUT2D eigenvalue weighted by molar-refractivity contribution is -0.136. The number of hydrogen-bond donors (Lipinski definition) is 3. The number of nitrogens with one attached hydrogen (secondary N) is 3. The van der Waals surface area contributed by atoms with Crippen molar-refractivity contribution in [2.45, 2.75) is 0 Å². The lowest BCUT2D eigenvalue weighted by atomic mass is 10.1. The van der Waals surface area contributed by atoms with Crippen LogP contribution in [0.15, 0.2) is 108 Å². The average Bonchev–Trinajstić information content (AvgIpc) is 2.98. The maximum atomic E-state index is 12.7. The zero-order valence-electron chi connectivity index (χ0n) is 21.3. The number of ether oxygens (including phenoxy) is 2. The third-order valence-corrected chi connectivity index (χ3v) is 5.44. The third-order valence-electron chi connectivity index (χ3n) is 5.44.